The average molecular weight is 348 g/mol. The number of rotatable bonds is 5. The van der Waals surface area contributed by atoms with Crippen LogP contribution >= 0.6 is 11.6 Å². The molecule has 0 fully saturated rings. The van der Waals surface area contributed by atoms with Crippen molar-refractivity contribution in [3.63, 3.8) is 0 Å². The van der Waals surface area contributed by atoms with Crippen LogP contribution in [0, 0.1) is 6.92 Å². The lowest BCUT2D eigenvalue weighted by Gasteiger charge is -2.26. The van der Waals surface area contributed by atoms with Crippen molar-refractivity contribution in [1.82, 2.24) is 0 Å². The van der Waals surface area contributed by atoms with Gasteiger partial charge in [-0.1, -0.05) is 17.7 Å². The fraction of sp³-hybridized carbons (Fsp3) is 0.222. The number of amides is 1. The summed E-state index contributed by atoms with van der Waals surface area (Å²) in [6.45, 7) is 4.91. The Morgan fingerprint density at radius 3 is 2.33 bits per heavy atom. The topological polar surface area (TPSA) is 75.6 Å². The van der Waals surface area contributed by atoms with Crippen LogP contribution in [0.25, 0.3) is 0 Å². The lowest BCUT2D eigenvalue weighted by molar-refractivity contribution is -0.128. The van der Waals surface area contributed by atoms with Gasteiger partial charge in [-0.05, 0) is 62.7 Å². The van der Waals surface area contributed by atoms with Crippen LogP contribution in [-0.2, 0) is 4.79 Å². The summed E-state index contributed by atoms with van der Waals surface area (Å²) >= 11 is 5.83. The van der Waals surface area contributed by atoms with Crippen molar-refractivity contribution in [1.29, 1.82) is 0 Å². The summed E-state index contributed by atoms with van der Waals surface area (Å²) < 4.78 is 5.72. The summed E-state index contributed by atoms with van der Waals surface area (Å²) in [5.74, 6) is -0.918. The van der Waals surface area contributed by atoms with Gasteiger partial charge in [-0.3, -0.25) is 4.79 Å². The molecule has 2 N–H and O–H groups in total. The predicted octanol–water partition coefficient (Wildman–Crippen LogP) is 4.14. The number of hydrogen-bond donors (Lipinski definition) is 2. The summed E-state index contributed by atoms with van der Waals surface area (Å²) in [7, 11) is 0. The monoisotopic (exact) mass is 347 g/mol. The standard InChI is InChI=1S/C18H18ClNO4/c1-11-14(16(21)22)5-4-6-15(11)20-17(23)18(2,3)24-13-9-7-12(19)8-10-13/h4-10H,1-3H3,(H,20,23)(H,21,22). The molecular weight excluding hydrogens is 330 g/mol. The van der Waals surface area contributed by atoms with Crippen molar-refractivity contribution in [3.8, 4) is 5.75 Å². The summed E-state index contributed by atoms with van der Waals surface area (Å²) in [4.78, 5) is 23.7. The molecule has 2 aromatic rings. The summed E-state index contributed by atoms with van der Waals surface area (Å²) in [6.07, 6.45) is 0. The zero-order valence-corrected chi connectivity index (χ0v) is 14.3. The quantitative estimate of drug-likeness (QED) is 0.852. The van der Waals surface area contributed by atoms with Crippen molar-refractivity contribution < 1.29 is 19.4 Å². The zero-order valence-electron chi connectivity index (χ0n) is 13.6. The number of anilines is 1. The zero-order chi connectivity index (χ0) is 17.9. The van der Waals surface area contributed by atoms with E-state index >= 15 is 0 Å². The van der Waals surface area contributed by atoms with Gasteiger partial charge in [0, 0.05) is 10.7 Å². The van der Waals surface area contributed by atoms with Crippen LogP contribution in [0.4, 0.5) is 5.69 Å². The maximum absolute atomic E-state index is 12.5. The van der Waals surface area contributed by atoms with Gasteiger partial charge in [-0.15, -0.1) is 0 Å². The molecule has 5 nitrogen and oxygen atoms in total. The summed E-state index contributed by atoms with van der Waals surface area (Å²) in [6, 6.07) is 11.4. The molecule has 126 valence electrons. The molecule has 0 spiro atoms. The number of hydrogen-bond acceptors (Lipinski definition) is 3. The van der Waals surface area contributed by atoms with E-state index in [0.29, 0.717) is 22.0 Å². The second-order valence-electron chi connectivity index (χ2n) is 5.80. The molecule has 0 heterocycles. The Hall–Kier alpha value is -2.53. The minimum absolute atomic E-state index is 0.143. The average Bonchev–Trinajstić information content (AvgIpc) is 2.51. The number of carboxylic acids is 1. The van der Waals surface area contributed by atoms with Crippen molar-refractivity contribution in [2.75, 3.05) is 5.32 Å². The molecule has 0 aliphatic heterocycles. The van der Waals surface area contributed by atoms with Gasteiger partial charge in [0.15, 0.2) is 5.60 Å². The van der Waals surface area contributed by atoms with E-state index in [-0.39, 0.29) is 11.5 Å². The highest BCUT2D eigenvalue weighted by Gasteiger charge is 2.30. The molecule has 24 heavy (non-hydrogen) atoms. The Bertz CT molecular complexity index is 769. The normalized spacial score (nSPS) is 11.0. The summed E-state index contributed by atoms with van der Waals surface area (Å²) in [5.41, 5.74) is -0.0861. The third kappa shape index (κ3) is 4.06. The van der Waals surface area contributed by atoms with E-state index in [4.69, 9.17) is 21.4 Å². The van der Waals surface area contributed by atoms with Crippen molar-refractivity contribution >= 4 is 29.2 Å². The molecule has 2 aromatic carbocycles. The maximum Gasteiger partial charge on any atom is 0.336 e. The van der Waals surface area contributed by atoms with Gasteiger partial charge in [0.25, 0.3) is 5.91 Å². The summed E-state index contributed by atoms with van der Waals surface area (Å²) in [5, 5.41) is 12.5. The number of carbonyl (C=O) groups is 2. The SMILES string of the molecule is Cc1c(NC(=O)C(C)(C)Oc2ccc(Cl)cc2)cccc1C(=O)O. The van der Waals surface area contributed by atoms with Crippen LogP contribution in [0.15, 0.2) is 42.5 Å². The van der Waals surface area contributed by atoms with Crippen LogP contribution < -0.4 is 10.1 Å². The van der Waals surface area contributed by atoms with E-state index < -0.39 is 11.6 Å². The number of benzene rings is 2. The molecule has 0 bridgehead atoms. The van der Waals surface area contributed by atoms with E-state index in [0.717, 1.165) is 0 Å². The molecule has 0 aliphatic rings. The van der Waals surface area contributed by atoms with Crippen molar-refractivity contribution in [2.24, 2.45) is 0 Å². The first-order chi connectivity index (χ1) is 11.2. The lowest BCUT2D eigenvalue weighted by atomic mass is 10.0. The first-order valence-corrected chi connectivity index (χ1v) is 7.67. The number of carbonyl (C=O) groups excluding carboxylic acids is 1. The van der Waals surface area contributed by atoms with Crippen molar-refractivity contribution in [2.45, 2.75) is 26.4 Å². The molecule has 2 rings (SSSR count). The number of carboxylic acid groups (broad SMARTS) is 1. The fourth-order valence-corrected chi connectivity index (χ4v) is 2.25. The first-order valence-electron chi connectivity index (χ1n) is 7.29. The van der Waals surface area contributed by atoms with Crippen LogP contribution in [0.3, 0.4) is 0 Å². The van der Waals surface area contributed by atoms with Gasteiger partial charge in [0.2, 0.25) is 0 Å². The van der Waals surface area contributed by atoms with Gasteiger partial charge in [-0.25, -0.2) is 4.79 Å². The molecule has 6 heteroatoms. The maximum atomic E-state index is 12.5. The number of aromatic carboxylic acids is 1. The molecule has 1 amide bonds. The predicted molar refractivity (Wildman–Crippen MR) is 92.9 cm³/mol. The van der Waals surface area contributed by atoms with Crippen LogP contribution in [0.5, 0.6) is 5.75 Å². The Kier molecular flexibility index (Phi) is 5.14. The Morgan fingerprint density at radius 2 is 1.75 bits per heavy atom. The molecule has 0 unspecified atom stereocenters. The minimum atomic E-state index is -1.15. The second kappa shape index (κ2) is 6.93. The molecule has 0 radical (unpaired) electrons. The smallest absolute Gasteiger partial charge is 0.336 e. The lowest BCUT2D eigenvalue weighted by Crippen LogP contribution is -2.42. The van der Waals surface area contributed by atoms with Gasteiger partial charge >= 0.3 is 5.97 Å². The third-order valence-electron chi connectivity index (χ3n) is 3.55. The fourth-order valence-electron chi connectivity index (χ4n) is 2.12. The van der Waals surface area contributed by atoms with E-state index in [1.807, 2.05) is 0 Å². The molecule has 0 saturated heterocycles. The first kappa shape index (κ1) is 17.8. The van der Waals surface area contributed by atoms with E-state index in [1.165, 1.54) is 6.07 Å². The molecule has 0 atom stereocenters. The number of ether oxygens (including phenoxy) is 1. The van der Waals surface area contributed by atoms with Gasteiger partial charge in [-0.2, -0.15) is 0 Å². The highest BCUT2D eigenvalue weighted by Crippen LogP contribution is 2.24. The second-order valence-corrected chi connectivity index (χ2v) is 6.24. The Morgan fingerprint density at radius 1 is 1.12 bits per heavy atom. The van der Waals surface area contributed by atoms with Crippen LogP contribution in [0.2, 0.25) is 5.02 Å². The highest BCUT2D eigenvalue weighted by atomic mass is 35.5. The van der Waals surface area contributed by atoms with E-state index in [2.05, 4.69) is 5.32 Å². The molecule has 0 aromatic heterocycles. The van der Waals surface area contributed by atoms with E-state index in [9.17, 15) is 9.59 Å². The van der Waals surface area contributed by atoms with Crippen molar-refractivity contribution in [3.05, 3.63) is 58.6 Å². The largest absolute Gasteiger partial charge is 0.478 e. The van der Waals surface area contributed by atoms with Gasteiger partial charge in [0.1, 0.15) is 5.75 Å². The molecule has 0 aliphatic carbocycles. The highest BCUT2D eigenvalue weighted by molar-refractivity contribution is 6.30. The Balaban J connectivity index is 2.17. The molecule has 0 saturated carbocycles. The van der Waals surface area contributed by atoms with Crippen LogP contribution in [-0.4, -0.2) is 22.6 Å². The van der Waals surface area contributed by atoms with Gasteiger partial charge in [0.05, 0.1) is 5.56 Å². The number of nitrogens with one attached hydrogen (secondary N) is 1. The van der Waals surface area contributed by atoms with Gasteiger partial charge < -0.3 is 15.2 Å². The minimum Gasteiger partial charge on any atom is -0.478 e. The van der Waals surface area contributed by atoms with E-state index in [1.54, 1.807) is 57.2 Å². The molecular formula is C18H18ClNO4. The van der Waals surface area contributed by atoms with Crippen LogP contribution in [0.1, 0.15) is 29.8 Å². The third-order valence-corrected chi connectivity index (χ3v) is 3.80. The Labute approximate surface area is 145 Å². The number of halogens is 1.